The number of nitrogens with one attached hydrogen (secondary N) is 1. The predicted molar refractivity (Wildman–Crippen MR) is 85.2 cm³/mol. The number of nitro groups is 2. The normalized spacial score (nSPS) is 10.7. The molecule has 1 N–H and O–H groups in total. The van der Waals surface area contributed by atoms with Gasteiger partial charge in [0, 0.05) is 24.1 Å². The Kier molecular flexibility index (Phi) is 3.82. The largest absolute Gasteiger partial charge is 0.497 e. The number of nitrogens with zero attached hydrogens (tertiary/aromatic N) is 3. The summed E-state index contributed by atoms with van der Waals surface area (Å²) >= 11 is 0. The van der Waals surface area contributed by atoms with E-state index in [-0.39, 0.29) is 17.8 Å². The molecule has 0 amide bonds. The van der Waals surface area contributed by atoms with Gasteiger partial charge in [0.1, 0.15) is 11.6 Å². The van der Waals surface area contributed by atoms with E-state index in [4.69, 9.17) is 4.74 Å². The molecule has 0 atom stereocenters. The lowest BCUT2D eigenvalue weighted by Crippen LogP contribution is -1.99. The highest BCUT2D eigenvalue weighted by Crippen LogP contribution is 2.27. The Labute approximate surface area is 135 Å². The first-order valence-electron chi connectivity index (χ1n) is 6.92. The fourth-order valence-electron chi connectivity index (χ4n) is 2.42. The first-order chi connectivity index (χ1) is 11.5. The Morgan fingerprint density at radius 1 is 1.12 bits per heavy atom. The minimum atomic E-state index is -0.662. The zero-order valence-electron chi connectivity index (χ0n) is 12.6. The number of nitro benzene ring substituents is 2. The van der Waals surface area contributed by atoms with Crippen molar-refractivity contribution in [2.24, 2.45) is 0 Å². The van der Waals surface area contributed by atoms with Gasteiger partial charge in [0.05, 0.1) is 34.1 Å². The lowest BCUT2D eigenvalue weighted by Gasteiger charge is -2.01. The summed E-state index contributed by atoms with van der Waals surface area (Å²) in [6.45, 7) is 0. The van der Waals surface area contributed by atoms with Crippen molar-refractivity contribution in [3.8, 4) is 5.75 Å². The molecule has 0 aliphatic carbocycles. The molecular weight excluding hydrogens is 316 g/mol. The minimum absolute atomic E-state index is 0.158. The third-order valence-corrected chi connectivity index (χ3v) is 3.57. The number of aromatic amines is 1. The second kappa shape index (κ2) is 5.95. The average Bonchev–Trinajstić information content (AvgIpc) is 2.95. The Hall–Kier alpha value is -3.49. The maximum Gasteiger partial charge on any atom is 0.279 e. The van der Waals surface area contributed by atoms with E-state index in [0.717, 1.165) is 11.6 Å². The van der Waals surface area contributed by atoms with Crippen LogP contribution in [0.25, 0.3) is 11.0 Å². The second-order valence-corrected chi connectivity index (χ2v) is 5.07. The number of non-ortho nitro benzene ring substituents is 1. The molecule has 0 unspecified atom stereocenters. The van der Waals surface area contributed by atoms with Crippen molar-refractivity contribution >= 4 is 22.4 Å². The average molecular weight is 328 g/mol. The van der Waals surface area contributed by atoms with E-state index in [9.17, 15) is 20.2 Å². The van der Waals surface area contributed by atoms with Crippen LogP contribution in [0.4, 0.5) is 11.4 Å². The monoisotopic (exact) mass is 328 g/mol. The molecule has 9 nitrogen and oxygen atoms in total. The molecule has 1 heterocycles. The number of fused-ring (bicyclic) bond motifs is 1. The van der Waals surface area contributed by atoms with Crippen LogP contribution >= 0.6 is 0 Å². The van der Waals surface area contributed by atoms with E-state index < -0.39 is 9.85 Å². The summed E-state index contributed by atoms with van der Waals surface area (Å²) in [4.78, 5) is 28.1. The maximum absolute atomic E-state index is 11.2. The van der Waals surface area contributed by atoms with Crippen LogP contribution in [0.5, 0.6) is 5.75 Å². The topological polar surface area (TPSA) is 124 Å². The van der Waals surface area contributed by atoms with E-state index in [2.05, 4.69) is 9.97 Å². The zero-order valence-corrected chi connectivity index (χ0v) is 12.6. The molecule has 0 radical (unpaired) electrons. The Morgan fingerprint density at radius 3 is 2.58 bits per heavy atom. The third kappa shape index (κ3) is 2.86. The van der Waals surface area contributed by atoms with Gasteiger partial charge in [-0.05, 0) is 18.2 Å². The number of aromatic nitrogens is 2. The number of benzene rings is 2. The van der Waals surface area contributed by atoms with E-state index >= 15 is 0 Å². The summed E-state index contributed by atoms with van der Waals surface area (Å²) in [5.41, 5.74) is 1.17. The Bertz CT molecular complexity index is 950. The van der Waals surface area contributed by atoms with E-state index in [1.165, 1.54) is 12.1 Å². The first-order valence-corrected chi connectivity index (χ1v) is 6.92. The van der Waals surface area contributed by atoms with Gasteiger partial charge in [-0.1, -0.05) is 0 Å². The molecule has 0 saturated heterocycles. The molecule has 0 spiro atoms. The molecule has 0 saturated carbocycles. The standard InChI is InChI=1S/C15H12N4O5/c1-24-11-4-5-12-13(8-11)17-15(16-12)6-9-2-3-10(18(20)21)7-14(9)19(22)23/h2-5,7-8H,6H2,1H3,(H,16,17). The molecule has 2 aromatic carbocycles. The molecule has 0 bridgehead atoms. The highest BCUT2D eigenvalue weighted by atomic mass is 16.6. The second-order valence-electron chi connectivity index (χ2n) is 5.07. The molecular formula is C15H12N4O5. The van der Waals surface area contributed by atoms with Crippen LogP contribution in [-0.2, 0) is 6.42 Å². The molecule has 3 aromatic rings. The van der Waals surface area contributed by atoms with E-state index in [1.54, 1.807) is 25.3 Å². The molecule has 0 aliphatic heterocycles. The van der Waals surface area contributed by atoms with Gasteiger partial charge in [-0.3, -0.25) is 20.2 Å². The van der Waals surface area contributed by atoms with Crippen LogP contribution in [0.3, 0.4) is 0 Å². The maximum atomic E-state index is 11.2. The fourth-order valence-corrected chi connectivity index (χ4v) is 2.42. The molecule has 3 rings (SSSR count). The molecule has 0 aliphatic rings. The Balaban J connectivity index is 1.98. The predicted octanol–water partition coefficient (Wildman–Crippen LogP) is 2.98. The number of H-pyrrole nitrogens is 1. The number of ether oxygens (including phenoxy) is 1. The summed E-state index contributed by atoms with van der Waals surface area (Å²) in [5.74, 6) is 1.19. The lowest BCUT2D eigenvalue weighted by atomic mass is 10.1. The molecule has 9 heteroatoms. The summed E-state index contributed by atoms with van der Waals surface area (Å²) < 4.78 is 5.14. The van der Waals surface area contributed by atoms with Crippen molar-refractivity contribution < 1.29 is 14.6 Å². The first kappa shape index (κ1) is 15.4. The summed E-state index contributed by atoms with van der Waals surface area (Å²) in [6, 6.07) is 8.90. The van der Waals surface area contributed by atoms with E-state index in [0.29, 0.717) is 22.7 Å². The van der Waals surface area contributed by atoms with Crippen LogP contribution in [-0.4, -0.2) is 26.9 Å². The van der Waals surface area contributed by atoms with Gasteiger partial charge in [-0.15, -0.1) is 0 Å². The van der Waals surface area contributed by atoms with Gasteiger partial charge in [0.25, 0.3) is 11.4 Å². The van der Waals surface area contributed by atoms with Crippen LogP contribution in [0.15, 0.2) is 36.4 Å². The van der Waals surface area contributed by atoms with Gasteiger partial charge >= 0.3 is 0 Å². The van der Waals surface area contributed by atoms with Gasteiger partial charge in [-0.2, -0.15) is 0 Å². The van der Waals surface area contributed by atoms with Crippen LogP contribution < -0.4 is 4.74 Å². The Morgan fingerprint density at radius 2 is 1.92 bits per heavy atom. The van der Waals surface area contributed by atoms with Crippen molar-refractivity contribution in [2.75, 3.05) is 7.11 Å². The van der Waals surface area contributed by atoms with Crippen LogP contribution in [0, 0.1) is 20.2 Å². The molecule has 1 aromatic heterocycles. The van der Waals surface area contributed by atoms with Gasteiger partial charge in [-0.25, -0.2) is 4.98 Å². The van der Waals surface area contributed by atoms with Crippen LogP contribution in [0.2, 0.25) is 0 Å². The van der Waals surface area contributed by atoms with Gasteiger partial charge in [0.2, 0.25) is 0 Å². The number of rotatable bonds is 5. The summed E-state index contributed by atoms with van der Waals surface area (Å²) in [7, 11) is 1.55. The summed E-state index contributed by atoms with van der Waals surface area (Å²) in [6.07, 6.45) is 0.158. The smallest absolute Gasteiger partial charge is 0.279 e. The van der Waals surface area contributed by atoms with Crippen molar-refractivity contribution in [1.29, 1.82) is 0 Å². The van der Waals surface area contributed by atoms with Crippen molar-refractivity contribution in [1.82, 2.24) is 9.97 Å². The molecule has 122 valence electrons. The number of hydrogen-bond donors (Lipinski definition) is 1. The number of methoxy groups -OCH3 is 1. The molecule has 24 heavy (non-hydrogen) atoms. The zero-order chi connectivity index (χ0) is 17.3. The van der Waals surface area contributed by atoms with Crippen molar-refractivity contribution in [3.63, 3.8) is 0 Å². The quantitative estimate of drug-likeness (QED) is 0.567. The minimum Gasteiger partial charge on any atom is -0.497 e. The number of hydrogen-bond acceptors (Lipinski definition) is 6. The number of imidazole rings is 1. The molecule has 0 fully saturated rings. The van der Waals surface area contributed by atoms with Crippen LogP contribution in [0.1, 0.15) is 11.4 Å². The van der Waals surface area contributed by atoms with Gasteiger partial charge < -0.3 is 9.72 Å². The third-order valence-electron chi connectivity index (χ3n) is 3.57. The highest BCUT2D eigenvalue weighted by Gasteiger charge is 2.20. The lowest BCUT2D eigenvalue weighted by molar-refractivity contribution is -0.394. The SMILES string of the molecule is COc1ccc2nc(Cc3ccc([N+](=O)[O-])cc3[N+](=O)[O-])[nH]c2c1. The van der Waals surface area contributed by atoms with Crippen molar-refractivity contribution in [3.05, 3.63) is 68.0 Å². The fraction of sp³-hybridized carbons (Fsp3) is 0.133. The summed E-state index contributed by atoms with van der Waals surface area (Å²) in [5, 5.41) is 22.0. The van der Waals surface area contributed by atoms with E-state index in [1.807, 2.05) is 0 Å². The van der Waals surface area contributed by atoms with Gasteiger partial charge in [0.15, 0.2) is 0 Å². The van der Waals surface area contributed by atoms with Crippen molar-refractivity contribution in [2.45, 2.75) is 6.42 Å². The highest BCUT2D eigenvalue weighted by molar-refractivity contribution is 5.77.